The van der Waals surface area contributed by atoms with Crippen LogP contribution in [0.4, 0.5) is 0 Å². The zero-order valence-corrected chi connectivity index (χ0v) is 14.7. The van der Waals surface area contributed by atoms with Gasteiger partial charge in [-0.25, -0.2) is 0 Å². The van der Waals surface area contributed by atoms with Crippen LogP contribution in [-0.2, 0) is 13.1 Å². The topological polar surface area (TPSA) is 19.4 Å². The molecule has 0 bridgehead atoms. The fraction of sp³-hybridized carbons (Fsp3) is 0.471. The smallest absolute Gasteiger partial charge is 0.0599 e. The second-order valence-corrected chi connectivity index (χ2v) is 7.93. The number of thiophene rings is 1. The standard InChI is InChI=1S/C17H23N3S2/c1-21-17-7-6-16(22-17)14-20-10-4-9-19(11-12-20)13-15-5-2-3-8-18-15/h2-3,5-8H,4,9-14H2,1H3. The Kier molecular flexibility index (Phi) is 5.89. The average molecular weight is 334 g/mol. The number of pyridine rings is 1. The lowest BCUT2D eigenvalue weighted by Gasteiger charge is -2.21. The maximum atomic E-state index is 4.45. The molecule has 0 atom stereocenters. The Morgan fingerprint density at radius 3 is 2.55 bits per heavy atom. The average Bonchev–Trinajstić information content (AvgIpc) is 2.89. The van der Waals surface area contributed by atoms with Crippen LogP contribution in [-0.4, -0.2) is 47.2 Å². The molecule has 5 heteroatoms. The predicted octanol–water partition coefficient (Wildman–Crippen LogP) is 3.57. The summed E-state index contributed by atoms with van der Waals surface area (Å²) in [6.07, 6.45) is 5.28. The van der Waals surface area contributed by atoms with E-state index in [1.807, 2.05) is 35.4 Å². The number of thioether (sulfide) groups is 1. The first-order valence-corrected chi connectivity index (χ1v) is 9.85. The van der Waals surface area contributed by atoms with Gasteiger partial charge in [0.05, 0.1) is 9.90 Å². The van der Waals surface area contributed by atoms with E-state index >= 15 is 0 Å². The fourth-order valence-corrected chi connectivity index (χ4v) is 4.47. The molecule has 0 aromatic carbocycles. The van der Waals surface area contributed by atoms with Gasteiger partial charge in [0.1, 0.15) is 0 Å². The van der Waals surface area contributed by atoms with Crippen LogP contribution in [0.3, 0.4) is 0 Å². The quantitative estimate of drug-likeness (QED) is 0.779. The molecule has 0 radical (unpaired) electrons. The van der Waals surface area contributed by atoms with Crippen molar-refractivity contribution in [1.82, 2.24) is 14.8 Å². The minimum Gasteiger partial charge on any atom is -0.297 e. The van der Waals surface area contributed by atoms with Crippen molar-refractivity contribution in [3.05, 3.63) is 47.1 Å². The van der Waals surface area contributed by atoms with Gasteiger partial charge in [0.25, 0.3) is 0 Å². The van der Waals surface area contributed by atoms with Crippen LogP contribution in [0.1, 0.15) is 17.0 Å². The van der Waals surface area contributed by atoms with Crippen molar-refractivity contribution < 1.29 is 0 Å². The lowest BCUT2D eigenvalue weighted by atomic mass is 10.3. The van der Waals surface area contributed by atoms with Crippen molar-refractivity contribution in [2.24, 2.45) is 0 Å². The summed E-state index contributed by atoms with van der Waals surface area (Å²) in [5.41, 5.74) is 1.18. The first-order chi connectivity index (χ1) is 10.8. The van der Waals surface area contributed by atoms with Crippen LogP contribution in [0.5, 0.6) is 0 Å². The second-order valence-electron chi connectivity index (χ2n) is 5.65. The maximum Gasteiger partial charge on any atom is 0.0599 e. The Labute approximate surface area is 141 Å². The highest BCUT2D eigenvalue weighted by atomic mass is 32.2. The summed E-state index contributed by atoms with van der Waals surface area (Å²) in [5.74, 6) is 0. The highest BCUT2D eigenvalue weighted by molar-refractivity contribution is 8.00. The second kappa shape index (κ2) is 8.11. The fourth-order valence-electron chi connectivity index (χ4n) is 2.83. The molecule has 0 saturated carbocycles. The Bertz CT molecular complexity index is 570. The summed E-state index contributed by atoms with van der Waals surface area (Å²) >= 11 is 3.78. The lowest BCUT2D eigenvalue weighted by Crippen LogP contribution is -2.30. The van der Waals surface area contributed by atoms with Gasteiger partial charge in [-0.3, -0.25) is 14.8 Å². The predicted molar refractivity (Wildman–Crippen MR) is 95.5 cm³/mol. The Balaban J connectivity index is 1.51. The summed E-state index contributed by atoms with van der Waals surface area (Å²) in [7, 11) is 0. The van der Waals surface area contributed by atoms with Crippen molar-refractivity contribution in [2.45, 2.75) is 23.7 Å². The van der Waals surface area contributed by atoms with Gasteiger partial charge in [0, 0.05) is 37.3 Å². The summed E-state index contributed by atoms with van der Waals surface area (Å²) in [6, 6.07) is 10.7. The monoisotopic (exact) mass is 333 g/mol. The van der Waals surface area contributed by atoms with Gasteiger partial charge in [0.15, 0.2) is 0 Å². The molecular formula is C17H23N3S2. The molecule has 1 fully saturated rings. The number of hydrogen-bond acceptors (Lipinski definition) is 5. The molecule has 0 spiro atoms. The SMILES string of the molecule is CSc1ccc(CN2CCCN(Cc3ccccn3)CC2)s1. The van der Waals surface area contributed by atoms with E-state index in [0.29, 0.717) is 0 Å². The third kappa shape index (κ3) is 4.56. The summed E-state index contributed by atoms with van der Waals surface area (Å²) in [5, 5.41) is 0. The van der Waals surface area contributed by atoms with E-state index in [1.165, 1.54) is 34.3 Å². The third-order valence-electron chi connectivity index (χ3n) is 4.01. The first kappa shape index (κ1) is 16.0. The largest absolute Gasteiger partial charge is 0.297 e. The zero-order chi connectivity index (χ0) is 15.2. The molecule has 0 amide bonds. The van der Waals surface area contributed by atoms with Crippen LogP contribution >= 0.6 is 23.1 Å². The van der Waals surface area contributed by atoms with Crippen molar-refractivity contribution in [1.29, 1.82) is 0 Å². The molecule has 2 aromatic heterocycles. The van der Waals surface area contributed by atoms with E-state index in [-0.39, 0.29) is 0 Å². The number of aromatic nitrogens is 1. The minimum absolute atomic E-state index is 0.976. The van der Waals surface area contributed by atoms with Gasteiger partial charge in [0.2, 0.25) is 0 Å². The normalized spacial score (nSPS) is 17.5. The number of nitrogens with zero attached hydrogens (tertiary/aromatic N) is 3. The molecule has 118 valence electrons. The van der Waals surface area contributed by atoms with Crippen molar-refractivity contribution in [2.75, 3.05) is 32.4 Å². The summed E-state index contributed by atoms with van der Waals surface area (Å²) in [4.78, 5) is 11.1. The molecule has 1 saturated heterocycles. The van der Waals surface area contributed by atoms with E-state index < -0.39 is 0 Å². The van der Waals surface area contributed by atoms with Gasteiger partial charge in [-0.1, -0.05) is 6.07 Å². The van der Waals surface area contributed by atoms with Crippen molar-refractivity contribution in [3.63, 3.8) is 0 Å². The molecular weight excluding hydrogens is 310 g/mol. The van der Waals surface area contributed by atoms with Crippen molar-refractivity contribution in [3.8, 4) is 0 Å². The first-order valence-electron chi connectivity index (χ1n) is 7.81. The van der Waals surface area contributed by atoms with Crippen LogP contribution in [0.2, 0.25) is 0 Å². The van der Waals surface area contributed by atoms with Gasteiger partial charge < -0.3 is 0 Å². The van der Waals surface area contributed by atoms with Crippen LogP contribution in [0.25, 0.3) is 0 Å². The minimum atomic E-state index is 0.976. The Morgan fingerprint density at radius 2 is 1.86 bits per heavy atom. The number of rotatable bonds is 5. The number of hydrogen-bond donors (Lipinski definition) is 0. The zero-order valence-electron chi connectivity index (χ0n) is 13.1. The van der Waals surface area contributed by atoms with Gasteiger partial charge in [-0.2, -0.15) is 0 Å². The van der Waals surface area contributed by atoms with E-state index in [1.54, 1.807) is 0 Å². The summed E-state index contributed by atoms with van der Waals surface area (Å²) in [6.45, 7) is 6.74. The van der Waals surface area contributed by atoms with Gasteiger partial charge in [-0.15, -0.1) is 23.1 Å². The molecule has 2 aromatic rings. The molecule has 1 aliphatic rings. The Morgan fingerprint density at radius 1 is 1.05 bits per heavy atom. The van der Waals surface area contributed by atoms with Crippen LogP contribution in [0.15, 0.2) is 40.7 Å². The third-order valence-corrected chi connectivity index (χ3v) is 6.16. The highest BCUT2D eigenvalue weighted by Crippen LogP contribution is 2.26. The molecule has 3 heterocycles. The molecule has 1 aliphatic heterocycles. The van der Waals surface area contributed by atoms with Crippen LogP contribution in [0, 0.1) is 0 Å². The summed E-state index contributed by atoms with van der Waals surface area (Å²) < 4.78 is 1.42. The van der Waals surface area contributed by atoms with Crippen LogP contribution < -0.4 is 0 Å². The molecule has 22 heavy (non-hydrogen) atoms. The molecule has 0 N–H and O–H groups in total. The molecule has 3 rings (SSSR count). The maximum absolute atomic E-state index is 4.45. The molecule has 0 unspecified atom stereocenters. The van der Waals surface area contributed by atoms with E-state index in [9.17, 15) is 0 Å². The molecule has 0 aliphatic carbocycles. The van der Waals surface area contributed by atoms with E-state index in [2.05, 4.69) is 45.3 Å². The lowest BCUT2D eigenvalue weighted by molar-refractivity contribution is 0.246. The van der Waals surface area contributed by atoms with Crippen molar-refractivity contribution >= 4 is 23.1 Å². The van der Waals surface area contributed by atoms with E-state index in [4.69, 9.17) is 0 Å². The highest BCUT2D eigenvalue weighted by Gasteiger charge is 2.16. The molecule has 3 nitrogen and oxygen atoms in total. The van der Waals surface area contributed by atoms with E-state index in [0.717, 1.165) is 26.2 Å². The van der Waals surface area contributed by atoms with Gasteiger partial charge >= 0.3 is 0 Å². The van der Waals surface area contributed by atoms with Gasteiger partial charge in [-0.05, 0) is 50.0 Å². The Hall–Kier alpha value is -0.880.